The molecular formula is C21H26BClN3O3. The Morgan fingerprint density at radius 1 is 1.28 bits per heavy atom. The molecule has 4 rings (SSSR count). The van der Waals surface area contributed by atoms with E-state index in [1.165, 1.54) is 6.69 Å². The Morgan fingerprint density at radius 2 is 2.14 bits per heavy atom. The highest BCUT2D eigenvalue weighted by Gasteiger charge is 2.26. The van der Waals surface area contributed by atoms with Crippen molar-refractivity contribution in [3.63, 3.8) is 0 Å². The Hall–Kier alpha value is -1.99. The third-order valence-corrected chi connectivity index (χ3v) is 5.72. The number of likely N-dealkylation sites (tertiary alicyclic amines) is 1. The zero-order valence-electron chi connectivity index (χ0n) is 16.9. The van der Waals surface area contributed by atoms with Gasteiger partial charge in [0, 0.05) is 35.9 Å². The van der Waals surface area contributed by atoms with Gasteiger partial charge >= 0.3 is 0 Å². The quantitative estimate of drug-likeness (QED) is 0.678. The molecule has 0 N–H and O–H groups in total. The minimum atomic E-state index is 0.217. The molecule has 0 aliphatic carbocycles. The van der Waals surface area contributed by atoms with Gasteiger partial charge in [-0.05, 0) is 51.4 Å². The summed E-state index contributed by atoms with van der Waals surface area (Å²) in [5.41, 5.74) is 2.64. The largest absolute Gasteiger partial charge is 0.493 e. The molecule has 2 aromatic heterocycles. The number of fused-ring (bicyclic) bond motifs is 1. The summed E-state index contributed by atoms with van der Waals surface area (Å²) in [5.74, 6) is 2.64. The molecule has 2 atom stereocenters. The van der Waals surface area contributed by atoms with Gasteiger partial charge in [0.05, 0.1) is 12.3 Å². The molecule has 6 nitrogen and oxygen atoms in total. The summed E-state index contributed by atoms with van der Waals surface area (Å²) in [7, 11) is 0. The standard InChI is InChI=1S/C21H26BClN3O3/c1-14-10-17(11-20(22-23)24-14)29-13-16-4-3-7-26(12-16)15(2)18-5-6-19-21(25-18)28-9-8-27-19/h5-6,10-11,15-16H,3-4,7-9,12-13H2,1-2H3/t15-,16+/m1/s1. The molecule has 0 spiro atoms. The van der Waals surface area contributed by atoms with Gasteiger partial charge in [0.25, 0.3) is 12.6 Å². The first kappa shape index (κ1) is 20.3. The van der Waals surface area contributed by atoms with Crippen LogP contribution in [0.1, 0.15) is 37.2 Å². The molecule has 1 fully saturated rings. The first-order valence-corrected chi connectivity index (χ1v) is 10.6. The zero-order valence-corrected chi connectivity index (χ0v) is 17.7. The van der Waals surface area contributed by atoms with Crippen LogP contribution in [0.15, 0.2) is 24.3 Å². The van der Waals surface area contributed by atoms with E-state index in [-0.39, 0.29) is 6.04 Å². The molecule has 0 aromatic carbocycles. The fourth-order valence-corrected chi connectivity index (χ4v) is 4.08. The van der Waals surface area contributed by atoms with Crippen molar-refractivity contribution in [3.8, 4) is 17.4 Å². The van der Waals surface area contributed by atoms with Crippen LogP contribution in [0.2, 0.25) is 0 Å². The fraction of sp³-hybridized carbons (Fsp3) is 0.524. The molecule has 29 heavy (non-hydrogen) atoms. The lowest BCUT2D eigenvalue weighted by molar-refractivity contribution is 0.0981. The number of nitrogens with zero attached hydrogens (tertiary/aromatic N) is 3. The van der Waals surface area contributed by atoms with Gasteiger partial charge in [0.15, 0.2) is 5.75 Å². The minimum absolute atomic E-state index is 0.217. The number of aromatic nitrogens is 2. The Balaban J connectivity index is 1.37. The molecule has 8 heteroatoms. The van der Waals surface area contributed by atoms with Gasteiger partial charge in [-0.15, -0.1) is 0 Å². The second kappa shape index (κ2) is 9.22. The predicted octanol–water partition coefficient (Wildman–Crippen LogP) is 2.89. The molecule has 1 radical (unpaired) electrons. The monoisotopic (exact) mass is 414 g/mol. The zero-order chi connectivity index (χ0) is 20.2. The first-order chi connectivity index (χ1) is 14.1. The summed E-state index contributed by atoms with van der Waals surface area (Å²) in [5, 5.41) is 0. The molecule has 1 saturated heterocycles. The van der Waals surface area contributed by atoms with Crippen molar-refractivity contribution in [3.05, 3.63) is 35.7 Å². The molecule has 0 bridgehead atoms. The Labute approximate surface area is 177 Å². The summed E-state index contributed by atoms with van der Waals surface area (Å²) in [6.07, 6.45) is 2.31. The molecule has 0 saturated carbocycles. The fourth-order valence-electron chi connectivity index (χ4n) is 3.96. The van der Waals surface area contributed by atoms with Crippen LogP contribution in [-0.2, 0) is 0 Å². The van der Waals surface area contributed by atoms with Gasteiger partial charge in [0.1, 0.15) is 19.0 Å². The van der Waals surface area contributed by atoms with E-state index in [0.717, 1.165) is 54.4 Å². The molecule has 2 aromatic rings. The lowest BCUT2D eigenvalue weighted by Gasteiger charge is -2.36. The lowest BCUT2D eigenvalue weighted by atomic mass is 9.97. The van der Waals surface area contributed by atoms with Crippen molar-refractivity contribution in [2.75, 3.05) is 32.9 Å². The molecule has 4 heterocycles. The number of aryl methyl sites for hydroxylation is 1. The van der Waals surface area contributed by atoms with E-state index in [0.29, 0.717) is 31.6 Å². The van der Waals surface area contributed by atoms with Crippen LogP contribution in [-0.4, -0.2) is 54.5 Å². The maximum absolute atomic E-state index is 6.08. The van der Waals surface area contributed by atoms with Crippen molar-refractivity contribution in [2.45, 2.75) is 32.7 Å². The maximum Gasteiger partial charge on any atom is 0.300 e. The van der Waals surface area contributed by atoms with Gasteiger partial charge in [-0.25, -0.2) is 4.98 Å². The highest BCUT2D eigenvalue weighted by atomic mass is 35.5. The van der Waals surface area contributed by atoms with Gasteiger partial charge < -0.3 is 14.2 Å². The predicted molar refractivity (Wildman–Crippen MR) is 114 cm³/mol. The highest BCUT2D eigenvalue weighted by molar-refractivity contribution is 7.01. The van der Waals surface area contributed by atoms with Crippen molar-refractivity contribution < 1.29 is 14.2 Å². The number of hydrogen-bond donors (Lipinski definition) is 0. The molecule has 0 unspecified atom stereocenters. The first-order valence-electron chi connectivity index (χ1n) is 10.2. The minimum Gasteiger partial charge on any atom is -0.493 e. The molecule has 2 aliphatic rings. The third kappa shape index (κ3) is 4.96. The highest BCUT2D eigenvalue weighted by Crippen LogP contribution is 2.32. The average molecular weight is 415 g/mol. The SMILES string of the molecule is Cc1cc(OC[C@H]2CCCN([C@H](C)c3ccc4c(n3)OCCO4)C2)cc([B]Cl)n1. The normalized spacial score (nSPS) is 20.2. The molecule has 153 valence electrons. The smallest absolute Gasteiger partial charge is 0.300 e. The summed E-state index contributed by atoms with van der Waals surface area (Å²) < 4.78 is 17.3. The van der Waals surface area contributed by atoms with Crippen LogP contribution in [0, 0.1) is 12.8 Å². The topological polar surface area (TPSA) is 56.7 Å². The summed E-state index contributed by atoms with van der Waals surface area (Å²) in [6.45, 7) is 9.49. The van der Waals surface area contributed by atoms with Crippen molar-refractivity contribution in [1.29, 1.82) is 0 Å². The van der Waals surface area contributed by atoms with E-state index < -0.39 is 0 Å². The maximum atomic E-state index is 6.08. The van der Waals surface area contributed by atoms with E-state index in [1.807, 2.05) is 31.2 Å². The van der Waals surface area contributed by atoms with Crippen molar-refractivity contribution >= 4 is 23.7 Å². The van der Waals surface area contributed by atoms with E-state index in [2.05, 4.69) is 16.8 Å². The molecule has 2 aliphatic heterocycles. The average Bonchev–Trinajstić information content (AvgIpc) is 2.76. The summed E-state index contributed by atoms with van der Waals surface area (Å²) in [4.78, 5) is 11.5. The number of rotatable bonds is 6. The number of halogens is 1. The number of hydrogen-bond acceptors (Lipinski definition) is 6. The van der Waals surface area contributed by atoms with Crippen LogP contribution >= 0.6 is 11.5 Å². The number of pyridine rings is 2. The second-order valence-electron chi connectivity index (χ2n) is 7.70. The molecule has 0 amide bonds. The van der Waals surface area contributed by atoms with E-state index in [1.54, 1.807) is 0 Å². The van der Waals surface area contributed by atoms with Crippen LogP contribution in [0.3, 0.4) is 0 Å². The second-order valence-corrected chi connectivity index (χ2v) is 7.92. The van der Waals surface area contributed by atoms with E-state index in [9.17, 15) is 0 Å². The van der Waals surface area contributed by atoms with Crippen LogP contribution < -0.4 is 19.8 Å². The van der Waals surface area contributed by atoms with Crippen LogP contribution in [0.4, 0.5) is 0 Å². The number of piperidine rings is 1. The van der Waals surface area contributed by atoms with E-state index >= 15 is 0 Å². The van der Waals surface area contributed by atoms with E-state index in [4.69, 9.17) is 30.7 Å². The van der Waals surface area contributed by atoms with Gasteiger partial charge in [-0.1, -0.05) is 0 Å². The molecular weight excluding hydrogens is 389 g/mol. The van der Waals surface area contributed by atoms with Crippen molar-refractivity contribution in [1.82, 2.24) is 14.9 Å². The summed E-state index contributed by atoms with van der Waals surface area (Å²) >= 11 is 5.80. The summed E-state index contributed by atoms with van der Waals surface area (Å²) in [6, 6.07) is 8.06. The Bertz CT molecular complexity index is 854. The van der Waals surface area contributed by atoms with Crippen LogP contribution in [0.5, 0.6) is 17.4 Å². The van der Waals surface area contributed by atoms with Gasteiger partial charge in [-0.2, -0.15) is 11.5 Å². The lowest BCUT2D eigenvalue weighted by Crippen LogP contribution is -2.39. The van der Waals surface area contributed by atoms with Crippen LogP contribution in [0.25, 0.3) is 0 Å². The van der Waals surface area contributed by atoms with Crippen molar-refractivity contribution in [2.24, 2.45) is 5.92 Å². The number of ether oxygens (including phenoxy) is 3. The third-order valence-electron chi connectivity index (χ3n) is 5.50. The Kier molecular flexibility index (Phi) is 6.45. The van der Waals surface area contributed by atoms with Gasteiger partial charge in [0.2, 0.25) is 0 Å². The Morgan fingerprint density at radius 3 is 3.00 bits per heavy atom. The van der Waals surface area contributed by atoms with Gasteiger partial charge in [-0.3, -0.25) is 9.88 Å².